The lowest BCUT2D eigenvalue weighted by atomic mass is 9.80. The summed E-state index contributed by atoms with van der Waals surface area (Å²) in [6, 6.07) is 0. The second kappa shape index (κ2) is 5.12. The minimum absolute atomic E-state index is 0.148. The van der Waals surface area contributed by atoms with E-state index in [2.05, 4.69) is 0 Å². The molecule has 1 rings (SSSR count). The van der Waals surface area contributed by atoms with Crippen LogP contribution in [0.5, 0.6) is 0 Å². The van der Waals surface area contributed by atoms with Gasteiger partial charge in [-0.15, -0.1) is 0 Å². The number of aldehydes is 1. The van der Waals surface area contributed by atoms with E-state index >= 15 is 0 Å². The third-order valence-corrected chi connectivity index (χ3v) is 2.83. The molecule has 0 aromatic carbocycles. The molecule has 0 atom stereocenters. The molecule has 0 heterocycles. The molecule has 13 heavy (non-hydrogen) atoms. The number of hydrogen-bond acceptors (Lipinski definition) is 3. The zero-order valence-corrected chi connectivity index (χ0v) is 7.87. The van der Waals surface area contributed by atoms with Crippen LogP contribution in [0.3, 0.4) is 0 Å². The van der Waals surface area contributed by atoms with E-state index in [1.165, 1.54) is 0 Å². The number of nitrogens with two attached hydrogens (primary N) is 1. The summed E-state index contributed by atoms with van der Waals surface area (Å²) < 4.78 is 0. The number of Topliss-reactive ketones (excluding diaryl/α,β-unsaturated/α-hetero) is 1. The van der Waals surface area contributed by atoms with Gasteiger partial charge in [-0.05, 0) is 31.6 Å². The second-order valence-electron chi connectivity index (χ2n) is 3.86. The van der Waals surface area contributed by atoms with Gasteiger partial charge in [0.15, 0.2) is 0 Å². The van der Waals surface area contributed by atoms with Crippen molar-refractivity contribution in [2.24, 2.45) is 17.6 Å². The predicted octanol–water partition coefficient (Wildman–Crippen LogP) is 0.910. The molecule has 0 radical (unpaired) electrons. The van der Waals surface area contributed by atoms with Crippen molar-refractivity contribution >= 4 is 12.1 Å². The Balaban J connectivity index is 2.24. The number of rotatable bonds is 4. The number of carbonyl (C=O) groups excluding carboxylic acids is 2. The minimum Gasteiger partial charge on any atom is -0.324 e. The van der Waals surface area contributed by atoms with Crippen LogP contribution < -0.4 is 5.73 Å². The number of carbonyl (C=O) groups is 2. The van der Waals surface area contributed by atoms with E-state index in [0.29, 0.717) is 12.3 Å². The quantitative estimate of drug-likeness (QED) is 0.659. The Kier molecular flexibility index (Phi) is 4.09. The topological polar surface area (TPSA) is 60.2 Å². The molecule has 1 aliphatic carbocycles. The van der Waals surface area contributed by atoms with Gasteiger partial charge in [0.05, 0.1) is 6.54 Å². The predicted molar refractivity (Wildman–Crippen MR) is 50.2 cm³/mol. The van der Waals surface area contributed by atoms with Crippen molar-refractivity contribution in [1.82, 2.24) is 0 Å². The van der Waals surface area contributed by atoms with Crippen molar-refractivity contribution in [1.29, 1.82) is 0 Å². The van der Waals surface area contributed by atoms with Crippen LogP contribution in [0.4, 0.5) is 0 Å². The van der Waals surface area contributed by atoms with E-state index in [1.807, 2.05) is 0 Å². The Labute approximate surface area is 78.7 Å². The number of hydrogen-bond donors (Lipinski definition) is 1. The van der Waals surface area contributed by atoms with Crippen LogP contribution in [0.15, 0.2) is 0 Å². The van der Waals surface area contributed by atoms with Gasteiger partial charge in [-0.3, -0.25) is 4.79 Å². The molecule has 1 aliphatic rings. The molecule has 74 valence electrons. The summed E-state index contributed by atoms with van der Waals surface area (Å²) in [5.41, 5.74) is 5.24. The molecule has 0 amide bonds. The summed E-state index contributed by atoms with van der Waals surface area (Å²) in [5, 5.41) is 0. The average Bonchev–Trinajstić information content (AvgIpc) is 2.19. The minimum atomic E-state index is 0.148. The van der Waals surface area contributed by atoms with Gasteiger partial charge in [0.1, 0.15) is 12.1 Å². The summed E-state index contributed by atoms with van der Waals surface area (Å²) in [4.78, 5) is 21.5. The lowest BCUT2D eigenvalue weighted by Crippen LogP contribution is -2.21. The van der Waals surface area contributed by atoms with Gasteiger partial charge in [0, 0.05) is 12.3 Å². The van der Waals surface area contributed by atoms with Crippen molar-refractivity contribution in [3.8, 4) is 0 Å². The molecular weight excluding hydrogens is 166 g/mol. The Morgan fingerprint density at radius 1 is 1.31 bits per heavy atom. The molecule has 2 N–H and O–H groups in total. The molecule has 3 nitrogen and oxygen atoms in total. The van der Waals surface area contributed by atoms with Gasteiger partial charge in [0.2, 0.25) is 0 Å². The van der Waals surface area contributed by atoms with Crippen LogP contribution in [-0.2, 0) is 9.59 Å². The van der Waals surface area contributed by atoms with Crippen molar-refractivity contribution in [3.05, 3.63) is 0 Å². The Hall–Kier alpha value is -0.700. The van der Waals surface area contributed by atoms with Gasteiger partial charge in [0.25, 0.3) is 0 Å². The fourth-order valence-corrected chi connectivity index (χ4v) is 1.93. The third-order valence-electron chi connectivity index (χ3n) is 2.83. The summed E-state index contributed by atoms with van der Waals surface area (Å²) in [7, 11) is 0. The maximum absolute atomic E-state index is 11.0. The summed E-state index contributed by atoms with van der Waals surface area (Å²) >= 11 is 0. The Morgan fingerprint density at radius 2 is 1.92 bits per heavy atom. The maximum Gasteiger partial charge on any atom is 0.146 e. The third kappa shape index (κ3) is 3.27. The Morgan fingerprint density at radius 3 is 2.38 bits per heavy atom. The van der Waals surface area contributed by atoms with Crippen LogP contribution in [0.1, 0.15) is 32.1 Å². The molecule has 1 fully saturated rings. The van der Waals surface area contributed by atoms with Crippen molar-refractivity contribution in [3.63, 3.8) is 0 Å². The highest BCUT2D eigenvalue weighted by molar-refractivity contribution is 5.80. The van der Waals surface area contributed by atoms with E-state index in [1.54, 1.807) is 0 Å². The smallest absolute Gasteiger partial charge is 0.146 e. The molecule has 0 aromatic rings. The van der Waals surface area contributed by atoms with Crippen LogP contribution in [0.25, 0.3) is 0 Å². The monoisotopic (exact) mass is 183 g/mol. The van der Waals surface area contributed by atoms with E-state index in [9.17, 15) is 9.59 Å². The average molecular weight is 183 g/mol. The maximum atomic E-state index is 11.0. The van der Waals surface area contributed by atoms with Crippen molar-refractivity contribution in [2.45, 2.75) is 32.1 Å². The molecule has 0 aliphatic heterocycles. The van der Waals surface area contributed by atoms with Crippen molar-refractivity contribution in [2.75, 3.05) is 6.54 Å². The first-order valence-corrected chi connectivity index (χ1v) is 4.93. The highest BCUT2D eigenvalue weighted by Crippen LogP contribution is 2.29. The molecule has 3 heteroatoms. The Bertz CT molecular complexity index is 183. The highest BCUT2D eigenvalue weighted by atomic mass is 16.1. The van der Waals surface area contributed by atoms with Crippen LogP contribution >= 0.6 is 0 Å². The van der Waals surface area contributed by atoms with E-state index in [-0.39, 0.29) is 18.2 Å². The zero-order valence-electron chi connectivity index (χ0n) is 7.87. The molecule has 0 aromatic heterocycles. The van der Waals surface area contributed by atoms with Crippen LogP contribution in [-0.4, -0.2) is 18.6 Å². The van der Waals surface area contributed by atoms with Crippen molar-refractivity contribution < 1.29 is 9.59 Å². The van der Waals surface area contributed by atoms with Gasteiger partial charge in [-0.1, -0.05) is 0 Å². The van der Waals surface area contributed by atoms with Gasteiger partial charge in [-0.2, -0.15) is 0 Å². The standard InChI is InChI=1S/C10H17NO2/c11-6-10(13)5-8-1-3-9(7-12)4-2-8/h7-9H,1-6,11H2. The molecule has 0 unspecified atom stereocenters. The zero-order chi connectivity index (χ0) is 9.68. The summed E-state index contributed by atoms with van der Waals surface area (Å²) in [6.07, 6.45) is 5.57. The summed E-state index contributed by atoms with van der Waals surface area (Å²) in [6.45, 7) is 0.160. The molecular formula is C10H17NO2. The fourth-order valence-electron chi connectivity index (χ4n) is 1.93. The molecule has 0 saturated heterocycles. The number of ketones is 1. The normalized spacial score (nSPS) is 28.4. The molecule has 0 spiro atoms. The second-order valence-corrected chi connectivity index (χ2v) is 3.86. The highest BCUT2D eigenvalue weighted by Gasteiger charge is 2.21. The summed E-state index contributed by atoms with van der Waals surface area (Å²) in [5.74, 6) is 0.867. The lowest BCUT2D eigenvalue weighted by Gasteiger charge is -2.24. The first kappa shape index (κ1) is 10.4. The van der Waals surface area contributed by atoms with Crippen LogP contribution in [0, 0.1) is 11.8 Å². The largest absolute Gasteiger partial charge is 0.324 e. The SMILES string of the molecule is NCC(=O)CC1CCC(C=O)CC1. The van der Waals surface area contributed by atoms with E-state index in [0.717, 1.165) is 32.0 Å². The van der Waals surface area contributed by atoms with Gasteiger partial charge in [-0.25, -0.2) is 0 Å². The van der Waals surface area contributed by atoms with Crippen LogP contribution in [0.2, 0.25) is 0 Å². The van der Waals surface area contributed by atoms with E-state index < -0.39 is 0 Å². The first-order valence-electron chi connectivity index (χ1n) is 4.93. The lowest BCUT2D eigenvalue weighted by molar-refractivity contribution is -0.119. The fraction of sp³-hybridized carbons (Fsp3) is 0.800. The first-order chi connectivity index (χ1) is 6.26. The van der Waals surface area contributed by atoms with E-state index in [4.69, 9.17) is 5.73 Å². The molecule has 1 saturated carbocycles. The van der Waals surface area contributed by atoms with Gasteiger partial charge >= 0.3 is 0 Å². The molecule has 0 bridgehead atoms. The van der Waals surface area contributed by atoms with Gasteiger partial charge < -0.3 is 10.5 Å².